The van der Waals surface area contributed by atoms with Crippen LogP contribution in [0.25, 0.3) is 0 Å². The summed E-state index contributed by atoms with van der Waals surface area (Å²) in [5.74, 6) is -1.07. The third kappa shape index (κ3) is 57.3. The lowest BCUT2D eigenvalue weighted by Gasteiger charge is -2.18. The Bertz CT molecular complexity index is 1770. The van der Waals surface area contributed by atoms with Crippen LogP contribution in [0.4, 0.5) is 0 Å². The zero-order valence-electron chi connectivity index (χ0n) is 46.1. The molecule has 0 aromatic carbocycles. The lowest BCUT2D eigenvalue weighted by Crippen LogP contribution is -2.30. The molecule has 0 N–H and O–H groups in total. The lowest BCUT2D eigenvalue weighted by molar-refractivity contribution is -0.167. The molecule has 0 aliphatic carbocycles. The van der Waals surface area contributed by atoms with E-state index in [9.17, 15) is 14.4 Å². The second-order valence-electron chi connectivity index (χ2n) is 17.7. The summed E-state index contributed by atoms with van der Waals surface area (Å²) in [5, 5.41) is 0. The summed E-state index contributed by atoms with van der Waals surface area (Å²) in [6, 6.07) is 0. The van der Waals surface area contributed by atoms with Gasteiger partial charge in [0.15, 0.2) is 6.10 Å². The van der Waals surface area contributed by atoms with Crippen LogP contribution in [0, 0.1) is 0 Å². The molecule has 1 atom stereocenters. The van der Waals surface area contributed by atoms with E-state index in [0.717, 1.165) is 154 Å². The van der Waals surface area contributed by atoms with Crippen LogP contribution in [0.2, 0.25) is 0 Å². The van der Waals surface area contributed by atoms with Crippen molar-refractivity contribution in [1.29, 1.82) is 0 Å². The van der Waals surface area contributed by atoms with Gasteiger partial charge >= 0.3 is 17.9 Å². The highest BCUT2D eigenvalue weighted by Crippen LogP contribution is 2.10. The van der Waals surface area contributed by atoms with Crippen molar-refractivity contribution in [3.05, 3.63) is 182 Å². The second kappa shape index (κ2) is 59.1. The quantitative estimate of drug-likeness (QED) is 0.0262. The third-order valence-electron chi connectivity index (χ3n) is 10.9. The number of ether oxygens (including phenoxy) is 3. The van der Waals surface area contributed by atoms with Crippen molar-refractivity contribution < 1.29 is 28.6 Å². The SMILES string of the molecule is CC/C=C\C/C=C\C/C=C\C/C=C\C/C=C\C/C=C\C/C=C\CCCCCC(=O)OCC(COC(=O)CCCCC/C=C\C/C=C\C/C=C\CC)OC(=O)CCC/C=C\C/C=C\C/C=C\C/C=C\C/C=C\CC. The average Bonchev–Trinajstić information content (AvgIpc) is 3.39. The predicted molar refractivity (Wildman–Crippen MR) is 315 cm³/mol. The highest BCUT2D eigenvalue weighted by Gasteiger charge is 2.19. The van der Waals surface area contributed by atoms with Crippen LogP contribution in [0.5, 0.6) is 0 Å². The molecule has 0 aliphatic rings. The van der Waals surface area contributed by atoms with Gasteiger partial charge in [-0.3, -0.25) is 14.4 Å². The van der Waals surface area contributed by atoms with Crippen molar-refractivity contribution in [2.24, 2.45) is 0 Å². The largest absolute Gasteiger partial charge is 0.462 e. The van der Waals surface area contributed by atoms with Gasteiger partial charge in [-0.2, -0.15) is 0 Å². The first-order valence-electron chi connectivity index (χ1n) is 28.3. The first-order valence-corrected chi connectivity index (χ1v) is 28.3. The number of allylic oxidation sites excluding steroid dienone is 30. The molecule has 0 bridgehead atoms. The van der Waals surface area contributed by atoms with Crippen LogP contribution >= 0.6 is 0 Å². The van der Waals surface area contributed by atoms with Crippen molar-refractivity contribution in [2.75, 3.05) is 13.2 Å². The maximum absolute atomic E-state index is 12.8. The van der Waals surface area contributed by atoms with E-state index in [4.69, 9.17) is 14.2 Å². The van der Waals surface area contributed by atoms with Crippen LogP contribution in [0.1, 0.15) is 201 Å². The van der Waals surface area contributed by atoms with Crippen LogP contribution in [-0.4, -0.2) is 37.2 Å². The van der Waals surface area contributed by atoms with Crippen LogP contribution < -0.4 is 0 Å². The van der Waals surface area contributed by atoms with Crippen LogP contribution in [-0.2, 0) is 28.6 Å². The van der Waals surface area contributed by atoms with Gasteiger partial charge in [0, 0.05) is 19.3 Å². The van der Waals surface area contributed by atoms with E-state index in [0.29, 0.717) is 19.3 Å². The van der Waals surface area contributed by atoms with Gasteiger partial charge in [0.05, 0.1) is 0 Å². The Kier molecular flexibility index (Phi) is 54.6. The van der Waals surface area contributed by atoms with E-state index < -0.39 is 12.1 Å². The van der Waals surface area contributed by atoms with E-state index >= 15 is 0 Å². The maximum atomic E-state index is 12.8. The van der Waals surface area contributed by atoms with E-state index in [-0.39, 0.29) is 31.6 Å². The lowest BCUT2D eigenvalue weighted by atomic mass is 10.1. The van der Waals surface area contributed by atoms with E-state index in [1.54, 1.807) is 0 Å². The average molecular weight is 1000 g/mol. The minimum Gasteiger partial charge on any atom is -0.462 e. The van der Waals surface area contributed by atoms with E-state index in [1.807, 2.05) is 0 Å². The molecule has 404 valence electrons. The normalized spacial score (nSPS) is 13.5. The number of hydrogen-bond donors (Lipinski definition) is 0. The molecule has 0 saturated heterocycles. The summed E-state index contributed by atoms with van der Waals surface area (Å²) in [7, 11) is 0. The molecule has 73 heavy (non-hydrogen) atoms. The zero-order valence-corrected chi connectivity index (χ0v) is 46.1. The predicted octanol–water partition coefficient (Wildman–Crippen LogP) is 19.3. The molecule has 0 aromatic rings. The molecule has 0 radical (unpaired) electrons. The molecule has 0 aliphatic heterocycles. The molecule has 1 unspecified atom stereocenters. The summed E-state index contributed by atoms with van der Waals surface area (Å²) < 4.78 is 16.7. The molecule has 0 heterocycles. The van der Waals surface area contributed by atoms with Crippen molar-refractivity contribution in [2.45, 2.75) is 207 Å². The van der Waals surface area contributed by atoms with Gasteiger partial charge in [-0.25, -0.2) is 0 Å². The van der Waals surface area contributed by atoms with Crippen molar-refractivity contribution in [3.8, 4) is 0 Å². The van der Waals surface area contributed by atoms with Crippen LogP contribution in [0.15, 0.2) is 182 Å². The van der Waals surface area contributed by atoms with Crippen molar-refractivity contribution in [3.63, 3.8) is 0 Å². The molecule has 6 heteroatoms. The highest BCUT2D eigenvalue weighted by atomic mass is 16.6. The monoisotopic (exact) mass is 1000 g/mol. The first-order chi connectivity index (χ1) is 36.0. The van der Waals surface area contributed by atoms with Crippen molar-refractivity contribution >= 4 is 17.9 Å². The molecule has 0 fully saturated rings. The number of hydrogen-bond acceptors (Lipinski definition) is 6. The summed E-state index contributed by atoms with van der Waals surface area (Å²) in [6.45, 7) is 6.16. The molecule has 0 rings (SSSR count). The fraction of sp³-hybridized carbons (Fsp3) is 0.507. The number of esters is 3. The molecule has 0 aromatic heterocycles. The minimum atomic E-state index is -0.845. The second-order valence-corrected chi connectivity index (χ2v) is 17.7. The Hall–Kier alpha value is -5.49. The topological polar surface area (TPSA) is 78.9 Å². The highest BCUT2D eigenvalue weighted by molar-refractivity contribution is 5.71. The van der Waals surface area contributed by atoms with Gasteiger partial charge < -0.3 is 14.2 Å². The van der Waals surface area contributed by atoms with Gasteiger partial charge in [0.1, 0.15) is 13.2 Å². The number of rotatable bonds is 48. The van der Waals surface area contributed by atoms with Gasteiger partial charge in [-0.15, -0.1) is 0 Å². The van der Waals surface area contributed by atoms with E-state index in [2.05, 4.69) is 203 Å². The zero-order chi connectivity index (χ0) is 52.9. The van der Waals surface area contributed by atoms with Gasteiger partial charge in [0.2, 0.25) is 0 Å². The fourth-order valence-corrected chi connectivity index (χ4v) is 6.76. The number of unbranched alkanes of at least 4 members (excludes halogenated alkanes) is 7. The standard InChI is InChI=1S/C67H100O6/c1-4-7-10-13-16-19-22-25-27-29-30-31-32-33-34-35-36-38-39-42-45-48-51-54-57-60-66(69)72-63-64(62-71-65(68)59-56-53-50-47-44-41-24-21-18-15-12-9-6-3)73-67(70)61-58-55-52-49-46-43-40-37-28-26-23-20-17-14-11-8-5-2/h7-12,16-21,25-28,30-31,33-34,36,38,40-45,49,52,64H,4-6,13-15,22-24,29,32,35,37,39,46-48,50-51,53-63H2,1-3H3/b10-7-,11-8-,12-9-,19-16-,20-17-,21-18-,27-25-,28-26-,31-30-,34-33-,38-36-,43-40-,44-41-,45-42-,52-49-. The van der Waals surface area contributed by atoms with Crippen molar-refractivity contribution in [1.82, 2.24) is 0 Å². The molecular weight excluding hydrogens is 901 g/mol. The Morgan fingerprint density at radius 3 is 0.781 bits per heavy atom. The van der Waals surface area contributed by atoms with E-state index in [1.165, 1.54) is 0 Å². The smallest absolute Gasteiger partial charge is 0.306 e. The minimum absolute atomic E-state index is 0.137. The van der Waals surface area contributed by atoms with Crippen LogP contribution in [0.3, 0.4) is 0 Å². The Morgan fingerprint density at radius 2 is 0.507 bits per heavy atom. The molecular formula is C67H100O6. The molecule has 0 saturated carbocycles. The molecule has 6 nitrogen and oxygen atoms in total. The van der Waals surface area contributed by atoms with Gasteiger partial charge in [-0.05, 0) is 148 Å². The molecule has 0 amide bonds. The summed E-state index contributed by atoms with van der Waals surface area (Å²) in [6.07, 6.45) is 88.9. The number of carbonyl (C=O) groups excluding carboxylic acids is 3. The number of carbonyl (C=O) groups is 3. The van der Waals surface area contributed by atoms with Gasteiger partial charge in [0.25, 0.3) is 0 Å². The summed E-state index contributed by atoms with van der Waals surface area (Å²) in [5.41, 5.74) is 0. The first kappa shape index (κ1) is 67.5. The Morgan fingerprint density at radius 1 is 0.274 bits per heavy atom. The fourth-order valence-electron chi connectivity index (χ4n) is 6.76. The maximum Gasteiger partial charge on any atom is 0.306 e. The Balaban J connectivity index is 4.57. The summed E-state index contributed by atoms with van der Waals surface area (Å²) >= 11 is 0. The Labute approximate surface area is 446 Å². The third-order valence-corrected chi connectivity index (χ3v) is 10.9. The molecule has 0 spiro atoms. The van der Waals surface area contributed by atoms with Gasteiger partial charge in [-0.1, -0.05) is 216 Å². The summed E-state index contributed by atoms with van der Waals surface area (Å²) in [4.78, 5) is 38.1.